The van der Waals surface area contributed by atoms with E-state index in [0.29, 0.717) is 19.3 Å². The lowest BCUT2D eigenvalue weighted by Crippen LogP contribution is -2.30. The summed E-state index contributed by atoms with van der Waals surface area (Å²) in [5.41, 5.74) is 0. The van der Waals surface area contributed by atoms with Crippen LogP contribution in [0, 0.1) is 11.8 Å². The first kappa shape index (κ1) is 63.4. The molecular weight excluding hydrogens is 805 g/mol. The second-order valence-corrected chi connectivity index (χ2v) is 21.2. The maximum Gasteiger partial charge on any atom is 0.306 e. The Morgan fingerprint density at radius 3 is 0.754 bits per heavy atom. The minimum Gasteiger partial charge on any atom is -0.462 e. The number of hydrogen-bond acceptors (Lipinski definition) is 6. The van der Waals surface area contributed by atoms with Crippen LogP contribution in [0.2, 0.25) is 0 Å². The molecule has 1 atom stereocenters. The Balaban J connectivity index is 4.29. The van der Waals surface area contributed by atoms with Crippen LogP contribution in [0.5, 0.6) is 0 Å². The Morgan fingerprint density at radius 2 is 0.508 bits per heavy atom. The van der Waals surface area contributed by atoms with Crippen molar-refractivity contribution in [3.05, 3.63) is 0 Å². The third-order valence-electron chi connectivity index (χ3n) is 13.5. The minimum atomic E-state index is -0.762. The third kappa shape index (κ3) is 53.2. The van der Waals surface area contributed by atoms with Gasteiger partial charge in [-0.15, -0.1) is 0 Å². The van der Waals surface area contributed by atoms with Crippen molar-refractivity contribution in [1.29, 1.82) is 0 Å². The highest BCUT2D eigenvalue weighted by atomic mass is 16.6. The van der Waals surface area contributed by atoms with Crippen molar-refractivity contribution in [3.63, 3.8) is 0 Å². The van der Waals surface area contributed by atoms with Gasteiger partial charge in [0.1, 0.15) is 13.2 Å². The summed E-state index contributed by atoms with van der Waals surface area (Å²) < 4.78 is 16.9. The minimum absolute atomic E-state index is 0.0625. The fourth-order valence-electron chi connectivity index (χ4n) is 9.05. The number of ether oxygens (including phenoxy) is 3. The Bertz CT molecular complexity index is 993. The standard InChI is InChI=1S/C59H114O6/c1-6-7-8-9-10-11-12-13-19-26-31-36-41-46-51-59(62)65-56(53-64-58(61)50-45-40-35-30-25-21-16-18-23-28-33-38-43-48-55(4)5)52-63-57(60)49-44-39-34-29-24-20-15-14-17-22-27-32-37-42-47-54(2)3/h54-56H,6-53H2,1-5H3/t56-/m1/s1. The number of esters is 3. The molecule has 0 rings (SSSR count). The van der Waals surface area contributed by atoms with E-state index in [1.165, 1.54) is 218 Å². The van der Waals surface area contributed by atoms with Gasteiger partial charge in [0.05, 0.1) is 0 Å². The Labute approximate surface area is 406 Å². The van der Waals surface area contributed by atoms with Gasteiger partial charge in [-0.25, -0.2) is 0 Å². The molecule has 0 amide bonds. The summed E-state index contributed by atoms with van der Waals surface area (Å²) >= 11 is 0. The molecule has 0 aromatic heterocycles. The van der Waals surface area contributed by atoms with Crippen LogP contribution in [0.15, 0.2) is 0 Å². The molecule has 6 heteroatoms. The highest BCUT2D eigenvalue weighted by Crippen LogP contribution is 2.18. The van der Waals surface area contributed by atoms with E-state index in [9.17, 15) is 14.4 Å². The zero-order chi connectivity index (χ0) is 47.5. The van der Waals surface area contributed by atoms with Crippen LogP contribution >= 0.6 is 0 Å². The predicted octanol–water partition coefficient (Wildman–Crippen LogP) is 19.3. The molecule has 0 unspecified atom stereocenters. The van der Waals surface area contributed by atoms with E-state index in [4.69, 9.17) is 14.2 Å². The monoisotopic (exact) mass is 919 g/mol. The van der Waals surface area contributed by atoms with Crippen LogP contribution in [0.25, 0.3) is 0 Å². The van der Waals surface area contributed by atoms with Gasteiger partial charge in [0.25, 0.3) is 0 Å². The van der Waals surface area contributed by atoms with Gasteiger partial charge in [0, 0.05) is 19.3 Å². The lowest BCUT2D eigenvalue weighted by Gasteiger charge is -2.18. The molecule has 0 aliphatic carbocycles. The topological polar surface area (TPSA) is 78.9 Å². The van der Waals surface area contributed by atoms with Crippen molar-refractivity contribution in [1.82, 2.24) is 0 Å². The molecule has 0 fully saturated rings. The van der Waals surface area contributed by atoms with Crippen LogP contribution in [0.3, 0.4) is 0 Å². The molecule has 0 aromatic carbocycles. The van der Waals surface area contributed by atoms with Crippen LogP contribution < -0.4 is 0 Å². The number of unbranched alkanes of at least 4 members (excludes halogenated alkanes) is 38. The zero-order valence-electron chi connectivity index (χ0n) is 44.6. The van der Waals surface area contributed by atoms with E-state index in [2.05, 4.69) is 34.6 Å². The quantitative estimate of drug-likeness (QED) is 0.0344. The lowest BCUT2D eigenvalue weighted by molar-refractivity contribution is -0.167. The van der Waals surface area contributed by atoms with Gasteiger partial charge in [-0.3, -0.25) is 14.4 Å². The third-order valence-corrected chi connectivity index (χ3v) is 13.5. The summed E-state index contributed by atoms with van der Waals surface area (Å²) in [5, 5.41) is 0. The number of hydrogen-bond donors (Lipinski definition) is 0. The van der Waals surface area contributed by atoms with Crippen molar-refractivity contribution in [2.45, 2.75) is 336 Å². The molecule has 0 radical (unpaired) electrons. The lowest BCUT2D eigenvalue weighted by atomic mass is 10.0. The first-order valence-electron chi connectivity index (χ1n) is 29.2. The predicted molar refractivity (Wildman–Crippen MR) is 280 cm³/mol. The number of rotatable bonds is 53. The van der Waals surface area contributed by atoms with Crippen LogP contribution in [-0.4, -0.2) is 37.2 Å². The van der Waals surface area contributed by atoms with Crippen LogP contribution in [-0.2, 0) is 28.6 Å². The second kappa shape index (κ2) is 51.8. The SMILES string of the molecule is CCCCCCCCCCCCCCCCC(=O)O[C@H](COC(=O)CCCCCCCCCCCCCCCCC(C)C)COC(=O)CCCCCCCCCCCCCCCC(C)C. The average Bonchev–Trinajstić information content (AvgIpc) is 3.28. The first-order chi connectivity index (χ1) is 31.7. The average molecular weight is 920 g/mol. The maximum absolute atomic E-state index is 12.8. The van der Waals surface area contributed by atoms with Gasteiger partial charge in [0.2, 0.25) is 0 Å². The molecule has 0 aliphatic heterocycles. The largest absolute Gasteiger partial charge is 0.462 e. The number of carbonyl (C=O) groups is 3. The zero-order valence-corrected chi connectivity index (χ0v) is 44.6. The fourth-order valence-corrected chi connectivity index (χ4v) is 9.05. The maximum atomic E-state index is 12.8. The summed E-state index contributed by atoms with van der Waals surface area (Å²) in [6.07, 6.45) is 55.2. The van der Waals surface area contributed by atoms with Gasteiger partial charge >= 0.3 is 17.9 Å². The van der Waals surface area contributed by atoms with Crippen molar-refractivity contribution < 1.29 is 28.6 Å². The molecule has 0 bridgehead atoms. The van der Waals surface area contributed by atoms with E-state index in [1.807, 2.05) is 0 Å². The van der Waals surface area contributed by atoms with E-state index < -0.39 is 6.10 Å². The van der Waals surface area contributed by atoms with Gasteiger partial charge in [-0.2, -0.15) is 0 Å². The van der Waals surface area contributed by atoms with Crippen molar-refractivity contribution in [3.8, 4) is 0 Å². The van der Waals surface area contributed by atoms with E-state index >= 15 is 0 Å². The summed E-state index contributed by atoms with van der Waals surface area (Å²) in [6.45, 7) is 11.4. The van der Waals surface area contributed by atoms with Crippen molar-refractivity contribution >= 4 is 17.9 Å². The first-order valence-corrected chi connectivity index (χ1v) is 29.2. The Morgan fingerprint density at radius 1 is 0.292 bits per heavy atom. The molecule has 65 heavy (non-hydrogen) atoms. The molecule has 0 aromatic rings. The molecule has 0 saturated carbocycles. The summed E-state index contributed by atoms with van der Waals surface area (Å²) in [4.78, 5) is 38.2. The summed E-state index contributed by atoms with van der Waals surface area (Å²) in [5.74, 6) is 0.847. The molecular formula is C59H114O6. The van der Waals surface area contributed by atoms with E-state index in [0.717, 1.165) is 69.6 Å². The molecule has 386 valence electrons. The number of carbonyl (C=O) groups excluding carboxylic acids is 3. The molecule has 0 saturated heterocycles. The van der Waals surface area contributed by atoms with Gasteiger partial charge in [0.15, 0.2) is 6.10 Å². The van der Waals surface area contributed by atoms with Gasteiger partial charge < -0.3 is 14.2 Å². The van der Waals surface area contributed by atoms with Gasteiger partial charge in [-0.1, -0.05) is 291 Å². The molecule has 6 nitrogen and oxygen atoms in total. The highest BCUT2D eigenvalue weighted by Gasteiger charge is 2.19. The van der Waals surface area contributed by atoms with E-state index in [-0.39, 0.29) is 31.1 Å². The highest BCUT2D eigenvalue weighted by molar-refractivity contribution is 5.71. The fraction of sp³-hybridized carbons (Fsp3) is 0.949. The molecule has 0 aliphatic rings. The molecule has 0 spiro atoms. The molecule has 0 heterocycles. The molecule has 0 N–H and O–H groups in total. The normalized spacial score (nSPS) is 12.0. The summed E-state index contributed by atoms with van der Waals surface area (Å²) in [7, 11) is 0. The summed E-state index contributed by atoms with van der Waals surface area (Å²) in [6, 6.07) is 0. The van der Waals surface area contributed by atoms with Crippen LogP contribution in [0.4, 0.5) is 0 Å². The smallest absolute Gasteiger partial charge is 0.306 e. The Kier molecular flexibility index (Phi) is 50.5. The van der Waals surface area contributed by atoms with Crippen molar-refractivity contribution in [2.24, 2.45) is 11.8 Å². The van der Waals surface area contributed by atoms with Crippen LogP contribution in [0.1, 0.15) is 330 Å². The van der Waals surface area contributed by atoms with Crippen molar-refractivity contribution in [2.75, 3.05) is 13.2 Å². The second-order valence-electron chi connectivity index (χ2n) is 21.2. The van der Waals surface area contributed by atoms with Gasteiger partial charge in [-0.05, 0) is 31.1 Å². The van der Waals surface area contributed by atoms with E-state index in [1.54, 1.807) is 0 Å². The Hall–Kier alpha value is -1.59.